The van der Waals surface area contributed by atoms with Crippen molar-refractivity contribution in [2.24, 2.45) is 10.8 Å². The predicted octanol–water partition coefficient (Wildman–Crippen LogP) is 4.27. The number of Topliss-reactive ketones (excluding diaryl/α,β-unsaturated/α-hetero) is 1. The fraction of sp³-hybridized carbons (Fsp3) is 0.600. The SMILES string of the molecule is CC(Oc1ccccc1)C(=O)CC1(C)CC(NC(=O)O)CC(C)(C)C1. The maximum Gasteiger partial charge on any atom is 0.404 e. The van der Waals surface area contributed by atoms with Crippen LogP contribution in [0.15, 0.2) is 30.3 Å². The van der Waals surface area contributed by atoms with Crippen LogP contribution in [0.2, 0.25) is 0 Å². The van der Waals surface area contributed by atoms with E-state index in [1.54, 1.807) is 6.92 Å². The van der Waals surface area contributed by atoms with Gasteiger partial charge in [0, 0.05) is 12.5 Å². The molecule has 3 atom stereocenters. The molecule has 0 spiro atoms. The number of hydrogen-bond acceptors (Lipinski definition) is 3. The van der Waals surface area contributed by atoms with Gasteiger partial charge < -0.3 is 15.2 Å². The molecular weight excluding hydrogens is 318 g/mol. The summed E-state index contributed by atoms with van der Waals surface area (Å²) in [6, 6.07) is 9.20. The number of para-hydroxylation sites is 1. The summed E-state index contributed by atoms with van der Waals surface area (Å²) < 4.78 is 5.75. The molecule has 5 heteroatoms. The molecule has 3 unspecified atom stereocenters. The van der Waals surface area contributed by atoms with Crippen LogP contribution in [0, 0.1) is 10.8 Å². The maximum atomic E-state index is 12.7. The fourth-order valence-electron chi connectivity index (χ4n) is 4.38. The first-order valence-electron chi connectivity index (χ1n) is 8.82. The van der Waals surface area contributed by atoms with Crippen molar-refractivity contribution in [2.45, 2.75) is 65.5 Å². The Labute approximate surface area is 149 Å². The molecule has 0 radical (unpaired) electrons. The number of carboxylic acid groups (broad SMARTS) is 1. The Morgan fingerprint density at radius 1 is 1.24 bits per heavy atom. The lowest BCUT2D eigenvalue weighted by Gasteiger charge is -2.46. The average Bonchev–Trinajstić information content (AvgIpc) is 2.44. The van der Waals surface area contributed by atoms with Gasteiger partial charge in [-0.2, -0.15) is 0 Å². The zero-order chi connectivity index (χ0) is 18.7. The van der Waals surface area contributed by atoms with Gasteiger partial charge >= 0.3 is 6.09 Å². The topological polar surface area (TPSA) is 75.6 Å². The molecule has 0 bridgehead atoms. The number of nitrogens with one attached hydrogen (secondary N) is 1. The van der Waals surface area contributed by atoms with Crippen LogP contribution in [0.25, 0.3) is 0 Å². The second-order valence-corrected chi connectivity index (χ2v) is 8.42. The van der Waals surface area contributed by atoms with Gasteiger partial charge in [-0.25, -0.2) is 4.79 Å². The molecule has 1 amide bonds. The van der Waals surface area contributed by atoms with Crippen LogP contribution in [-0.4, -0.2) is 29.1 Å². The molecule has 1 aliphatic rings. The van der Waals surface area contributed by atoms with Gasteiger partial charge in [0.15, 0.2) is 11.9 Å². The first kappa shape index (κ1) is 19.3. The van der Waals surface area contributed by atoms with E-state index in [1.807, 2.05) is 30.3 Å². The van der Waals surface area contributed by atoms with E-state index in [9.17, 15) is 9.59 Å². The first-order valence-corrected chi connectivity index (χ1v) is 8.82. The molecule has 1 aromatic carbocycles. The van der Waals surface area contributed by atoms with Crippen LogP contribution >= 0.6 is 0 Å². The van der Waals surface area contributed by atoms with Crippen molar-refractivity contribution in [3.8, 4) is 5.75 Å². The van der Waals surface area contributed by atoms with E-state index in [1.165, 1.54) is 0 Å². The van der Waals surface area contributed by atoms with Crippen molar-refractivity contribution in [3.63, 3.8) is 0 Å². The number of carbonyl (C=O) groups excluding carboxylic acids is 1. The Bertz CT molecular complexity index is 613. The third kappa shape index (κ3) is 5.76. The van der Waals surface area contributed by atoms with E-state index in [0.717, 1.165) is 12.8 Å². The Kier molecular flexibility index (Phi) is 5.76. The number of ketones is 1. The zero-order valence-electron chi connectivity index (χ0n) is 15.5. The molecule has 0 heterocycles. The molecule has 1 saturated carbocycles. The van der Waals surface area contributed by atoms with Gasteiger partial charge in [0.05, 0.1) is 0 Å². The average molecular weight is 347 g/mol. The van der Waals surface area contributed by atoms with Crippen LogP contribution in [0.5, 0.6) is 5.75 Å². The van der Waals surface area contributed by atoms with Crippen LogP contribution < -0.4 is 10.1 Å². The summed E-state index contributed by atoms with van der Waals surface area (Å²) in [7, 11) is 0. The molecule has 0 saturated heterocycles. The van der Waals surface area contributed by atoms with Crippen LogP contribution in [0.1, 0.15) is 53.4 Å². The number of rotatable bonds is 6. The third-order valence-electron chi connectivity index (χ3n) is 4.88. The zero-order valence-corrected chi connectivity index (χ0v) is 15.5. The smallest absolute Gasteiger partial charge is 0.404 e. The lowest BCUT2D eigenvalue weighted by atomic mass is 9.61. The van der Waals surface area contributed by atoms with Crippen molar-refractivity contribution in [2.75, 3.05) is 0 Å². The Balaban J connectivity index is 2.02. The molecule has 0 aromatic heterocycles. The fourth-order valence-corrected chi connectivity index (χ4v) is 4.38. The minimum Gasteiger partial charge on any atom is -0.483 e. The highest BCUT2D eigenvalue weighted by molar-refractivity contribution is 5.83. The van der Waals surface area contributed by atoms with E-state index in [4.69, 9.17) is 9.84 Å². The monoisotopic (exact) mass is 347 g/mol. The van der Waals surface area contributed by atoms with E-state index < -0.39 is 12.2 Å². The summed E-state index contributed by atoms with van der Waals surface area (Å²) in [5.74, 6) is 0.737. The van der Waals surface area contributed by atoms with Gasteiger partial charge in [-0.3, -0.25) is 4.79 Å². The van der Waals surface area contributed by atoms with Gasteiger partial charge in [-0.1, -0.05) is 39.0 Å². The summed E-state index contributed by atoms with van der Waals surface area (Å²) >= 11 is 0. The van der Waals surface area contributed by atoms with Crippen LogP contribution in [0.3, 0.4) is 0 Å². The summed E-state index contributed by atoms with van der Waals surface area (Å²) in [5.41, 5.74) is -0.246. The summed E-state index contributed by atoms with van der Waals surface area (Å²) in [6.45, 7) is 8.13. The predicted molar refractivity (Wildman–Crippen MR) is 96.8 cm³/mol. The van der Waals surface area contributed by atoms with Crippen molar-refractivity contribution in [3.05, 3.63) is 30.3 Å². The molecule has 1 aliphatic carbocycles. The number of carbonyl (C=O) groups is 2. The van der Waals surface area contributed by atoms with Gasteiger partial charge in [-0.05, 0) is 49.1 Å². The molecule has 2 rings (SSSR count). The summed E-state index contributed by atoms with van der Waals surface area (Å²) in [4.78, 5) is 23.7. The number of hydrogen-bond donors (Lipinski definition) is 2. The minimum absolute atomic E-state index is 0.01000. The van der Waals surface area contributed by atoms with Crippen LogP contribution in [-0.2, 0) is 4.79 Å². The minimum atomic E-state index is -1.00. The summed E-state index contributed by atoms with van der Waals surface area (Å²) in [6.07, 6.45) is 1.22. The number of amides is 1. The van der Waals surface area contributed by atoms with E-state index in [2.05, 4.69) is 26.1 Å². The molecule has 2 N–H and O–H groups in total. The first-order chi connectivity index (χ1) is 11.6. The molecule has 138 valence electrons. The van der Waals surface area contributed by atoms with Gasteiger partial charge in [0.2, 0.25) is 0 Å². The molecule has 1 aromatic rings. The Hall–Kier alpha value is -2.04. The highest BCUT2D eigenvalue weighted by atomic mass is 16.5. The van der Waals surface area contributed by atoms with Crippen molar-refractivity contribution >= 4 is 11.9 Å². The standard InChI is InChI=1S/C20H29NO4/c1-14(25-16-8-6-5-7-9-16)17(22)12-20(4)11-15(21-18(23)24)10-19(2,3)13-20/h5-9,14-15,21H,10-13H2,1-4H3,(H,23,24). The van der Waals surface area contributed by atoms with Crippen molar-refractivity contribution < 1.29 is 19.4 Å². The van der Waals surface area contributed by atoms with Gasteiger partial charge in [0.25, 0.3) is 0 Å². The van der Waals surface area contributed by atoms with Gasteiger partial charge in [0.1, 0.15) is 5.75 Å². The van der Waals surface area contributed by atoms with Crippen LogP contribution in [0.4, 0.5) is 4.79 Å². The highest BCUT2D eigenvalue weighted by Crippen LogP contribution is 2.48. The maximum absolute atomic E-state index is 12.7. The molecular formula is C20H29NO4. The second-order valence-electron chi connectivity index (χ2n) is 8.42. The van der Waals surface area contributed by atoms with E-state index in [0.29, 0.717) is 18.6 Å². The largest absolute Gasteiger partial charge is 0.483 e. The Morgan fingerprint density at radius 3 is 2.48 bits per heavy atom. The summed E-state index contributed by atoms with van der Waals surface area (Å²) in [5, 5.41) is 11.7. The normalized spacial score (nSPS) is 26.5. The highest BCUT2D eigenvalue weighted by Gasteiger charge is 2.43. The molecule has 0 aliphatic heterocycles. The molecule has 1 fully saturated rings. The number of ether oxygens (including phenoxy) is 1. The van der Waals surface area contributed by atoms with Gasteiger partial charge in [-0.15, -0.1) is 0 Å². The lowest BCUT2D eigenvalue weighted by Crippen LogP contribution is -2.47. The number of benzene rings is 1. The van der Waals surface area contributed by atoms with Crippen molar-refractivity contribution in [1.82, 2.24) is 5.32 Å². The third-order valence-corrected chi connectivity index (χ3v) is 4.88. The van der Waals surface area contributed by atoms with Crippen molar-refractivity contribution in [1.29, 1.82) is 0 Å². The second kappa shape index (κ2) is 7.46. The van der Waals surface area contributed by atoms with E-state index >= 15 is 0 Å². The molecule has 5 nitrogen and oxygen atoms in total. The lowest BCUT2D eigenvalue weighted by molar-refractivity contribution is -0.128. The van der Waals surface area contributed by atoms with E-state index in [-0.39, 0.29) is 22.7 Å². The Morgan fingerprint density at radius 2 is 1.88 bits per heavy atom. The molecule has 25 heavy (non-hydrogen) atoms. The quantitative estimate of drug-likeness (QED) is 0.806.